The first kappa shape index (κ1) is 13.5. The van der Waals surface area contributed by atoms with E-state index in [1.807, 2.05) is 25.7 Å². The van der Waals surface area contributed by atoms with Crippen molar-refractivity contribution in [1.82, 2.24) is 4.90 Å². The number of ether oxygens (including phenoxy) is 1. The average Bonchev–Trinajstić information content (AvgIpc) is 2.49. The summed E-state index contributed by atoms with van der Waals surface area (Å²) in [7, 11) is 0. The predicted octanol–water partition coefficient (Wildman–Crippen LogP) is 0.853. The summed E-state index contributed by atoms with van der Waals surface area (Å²) in [6.45, 7) is 9.98. The third kappa shape index (κ3) is 2.55. The third-order valence-electron chi connectivity index (χ3n) is 3.62. The van der Waals surface area contributed by atoms with E-state index in [9.17, 15) is 4.79 Å². The van der Waals surface area contributed by atoms with Crippen LogP contribution in [0.15, 0.2) is 0 Å². The number of hydrogen-bond acceptors (Lipinski definition) is 3. The van der Waals surface area contributed by atoms with Crippen LogP contribution in [0.3, 0.4) is 0 Å². The molecular formula is C12H24N2O2. The summed E-state index contributed by atoms with van der Waals surface area (Å²) in [6, 6.07) is 0. The van der Waals surface area contributed by atoms with Gasteiger partial charge in [0.15, 0.2) is 0 Å². The van der Waals surface area contributed by atoms with Crippen LogP contribution in [0.2, 0.25) is 0 Å². The van der Waals surface area contributed by atoms with Gasteiger partial charge in [0.2, 0.25) is 5.91 Å². The van der Waals surface area contributed by atoms with Crippen molar-refractivity contribution in [2.75, 3.05) is 19.6 Å². The van der Waals surface area contributed by atoms with Gasteiger partial charge >= 0.3 is 0 Å². The van der Waals surface area contributed by atoms with Gasteiger partial charge in [0.05, 0.1) is 18.1 Å². The molecule has 4 unspecified atom stereocenters. The average molecular weight is 228 g/mol. The molecule has 2 N–H and O–H groups in total. The first-order valence-corrected chi connectivity index (χ1v) is 6.17. The zero-order valence-corrected chi connectivity index (χ0v) is 10.8. The van der Waals surface area contributed by atoms with Crippen LogP contribution in [-0.2, 0) is 9.53 Å². The molecule has 1 rings (SSSR count). The Morgan fingerprint density at radius 2 is 1.94 bits per heavy atom. The van der Waals surface area contributed by atoms with Gasteiger partial charge in [-0.1, -0.05) is 6.92 Å². The van der Waals surface area contributed by atoms with Crippen LogP contribution in [-0.4, -0.2) is 42.6 Å². The lowest BCUT2D eigenvalue weighted by atomic mass is 9.88. The van der Waals surface area contributed by atoms with Gasteiger partial charge < -0.3 is 15.4 Å². The van der Waals surface area contributed by atoms with E-state index < -0.39 is 0 Å². The van der Waals surface area contributed by atoms with E-state index in [0.29, 0.717) is 13.1 Å². The number of hydrogen-bond donors (Lipinski definition) is 1. The molecule has 0 aliphatic carbocycles. The van der Waals surface area contributed by atoms with Crippen LogP contribution >= 0.6 is 0 Å². The molecule has 1 fully saturated rings. The number of carbonyl (C=O) groups excluding carboxylic acids is 1. The number of amides is 1. The lowest BCUT2D eigenvalue weighted by Crippen LogP contribution is -2.43. The Hall–Kier alpha value is -0.610. The molecule has 0 radical (unpaired) electrons. The van der Waals surface area contributed by atoms with Gasteiger partial charge in [-0.2, -0.15) is 0 Å². The van der Waals surface area contributed by atoms with E-state index >= 15 is 0 Å². The quantitative estimate of drug-likeness (QED) is 0.776. The highest BCUT2D eigenvalue weighted by atomic mass is 16.5. The van der Waals surface area contributed by atoms with Crippen LogP contribution < -0.4 is 5.73 Å². The molecule has 0 aromatic rings. The Bertz CT molecular complexity index is 245. The molecule has 1 saturated heterocycles. The minimum Gasteiger partial charge on any atom is -0.374 e. The van der Waals surface area contributed by atoms with E-state index in [1.165, 1.54) is 0 Å². The lowest BCUT2D eigenvalue weighted by Gasteiger charge is -2.27. The molecule has 1 amide bonds. The molecule has 0 aromatic heterocycles. The largest absolute Gasteiger partial charge is 0.374 e. The van der Waals surface area contributed by atoms with Crippen LogP contribution in [0.4, 0.5) is 0 Å². The number of nitrogens with zero attached hydrogens (tertiary/aromatic N) is 1. The van der Waals surface area contributed by atoms with Gasteiger partial charge in [0.25, 0.3) is 0 Å². The van der Waals surface area contributed by atoms with Crippen molar-refractivity contribution in [3.63, 3.8) is 0 Å². The smallest absolute Gasteiger partial charge is 0.228 e. The molecule has 0 aromatic carbocycles. The molecule has 4 nitrogen and oxygen atoms in total. The van der Waals surface area contributed by atoms with E-state index in [0.717, 1.165) is 6.54 Å². The SMILES string of the molecule is CCN(CCN)C(=O)C1C(C)OC(C)C1C. The second kappa shape index (κ2) is 5.64. The normalized spacial score (nSPS) is 34.1. The lowest BCUT2D eigenvalue weighted by molar-refractivity contribution is -0.137. The third-order valence-corrected chi connectivity index (χ3v) is 3.62. The minimum atomic E-state index is -0.0125. The molecule has 1 aliphatic heterocycles. The summed E-state index contributed by atoms with van der Waals surface area (Å²) in [5.41, 5.74) is 5.51. The van der Waals surface area contributed by atoms with Crippen molar-refractivity contribution in [3.8, 4) is 0 Å². The molecule has 1 aliphatic rings. The molecule has 4 heteroatoms. The Balaban J connectivity index is 2.71. The van der Waals surface area contributed by atoms with Gasteiger partial charge in [-0.05, 0) is 26.7 Å². The molecule has 94 valence electrons. The minimum absolute atomic E-state index is 0.0125. The highest BCUT2D eigenvalue weighted by molar-refractivity contribution is 5.80. The Morgan fingerprint density at radius 1 is 1.31 bits per heavy atom. The van der Waals surface area contributed by atoms with Gasteiger partial charge in [0.1, 0.15) is 0 Å². The van der Waals surface area contributed by atoms with Crippen molar-refractivity contribution in [1.29, 1.82) is 0 Å². The summed E-state index contributed by atoms with van der Waals surface area (Å²) in [6.07, 6.45) is 0.185. The van der Waals surface area contributed by atoms with E-state index in [2.05, 4.69) is 6.92 Å². The summed E-state index contributed by atoms with van der Waals surface area (Å²) < 4.78 is 5.70. The summed E-state index contributed by atoms with van der Waals surface area (Å²) >= 11 is 0. The Labute approximate surface area is 98.1 Å². The fourth-order valence-electron chi connectivity index (χ4n) is 2.48. The molecule has 0 spiro atoms. The van der Waals surface area contributed by atoms with Crippen molar-refractivity contribution in [2.24, 2.45) is 17.6 Å². The summed E-state index contributed by atoms with van der Waals surface area (Å²) in [5.74, 6) is 0.466. The highest BCUT2D eigenvalue weighted by Crippen LogP contribution is 2.33. The second-order valence-electron chi connectivity index (χ2n) is 4.64. The van der Waals surface area contributed by atoms with Crippen molar-refractivity contribution < 1.29 is 9.53 Å². The molecular weight excluding hydrogens is 204 g/mol. The number of rotatable bonds is 4. The molecule has 0 saturated carbocycles. The van der Waals surface area contributed by atoms with Crippen molar-refractivity contribution in [2.45, 2.75) is 39.9 Å². The van der Waals surface area contributed by atoms with Crippen LogP contribution in [0.5, 0.6) is 0 Å². The zero-order chi connectivity index (χ0) is 12.3. The first-order chi connectivity index (χ1) is 7.52. The number of carbonyl (C=O) groups is 1. The van der Waals surface area contributed by atoms with E-state index in [1.54, 1.807) is 0 Å². The standard InChI is InChI=1S/C12H24N2O2/c1-5-14(7-6-13)12(15)11-8(2)9(3)16-10(11)4/h8-11H,5-7,13H2,1-4H3. The van der Waals surface area contributed by atoms with Gasteiger partial charge in [-0.25, -0.2) is 0 Å². The molecule has 16 heavy (non-hydrogen) atoms. The summed E-state index contributed by atoms with van der Waals surface area (Å²) in [5, 5.41) is 0. The topological polar surface area (TPSA) is 55.6 Å². The number of likely N-dealkylation sites (N-methyl/N-ethyl adjacent to an activating group) is 1. The maximum absolute atomic E-state index is 12.3. The van der Waals surface area contributed by atoms with Crippen LogP contribution in [0, 0.1) is 11.8 Å². The van der Waals surface area contributed by atoms with Gasteiger partial charge in [-0.3, -0.25) is 4.79 Å². The zero-order valence-electron chi connectivity index (χ0n) is 10.8. The maximum atomic E-state index is 12.3. The van der Waals surface area contributed by atoms with Crippen molar-refractivity contribution >= 4 is 5.91 Å². The molecule has 0 bridgehead atoms. The monoisotopic (exact) mass is 228 g/mol. The van der Waals surface area contributed by atoms with Crippen LogP contribution in [0.1, 0.15) is 27.7 Å². The van der Waals surface area contributed by atoms with Gasteiger partial charge in [-0.15, -0.1) is 0 Å². The number of nitrogens with two attached hydrogens (primary N) is 1. The molecule has 4 atom stereocenters. The van der Waals surface area contributed by atoms with Crippen LogP contribution in [0.25, 0.3) is 0 Å². The predicted molar refractivity (Wildman–Crippen MR) is 64.0 cm³/mol. The Kier molecular flexibility index (Phi) is 4.74. The molecule has 1 heterocycles. The summed E-state index contributed by atoms with van der Waals surface area (Å²) in [4.78, 5) is 14.2. The second-order valence-corrected chi connectivity index (χ2v) is 4.64. The maximum Gasteiger partial charge on any atom is 0.228 e. The first-order valence-electron chi connectivity index (χ1n) is 6.17. The van der Waals surface area contributed by atoms with E-state index in [4.69, 9.17) is 10.5 Å². The van der Waals surface area contributed by atoms with E-state index in [-0.39, 0.29) is 30.0 Å². The fraction of sp³-hybridized carbons (Fsp3) is 0.917. The van der Waals surface area contributed by atoms with Gasteiger partial charge in [0, 0.05) is 19.6 Å². The Morgan fingerprint density at radius 3 is 2.31 bits per heavy atom. The van der Waals surface area contributed by atoms with Crippen molar-refractivity contribution in [3.05, 3.63) is 0 Å². The fourth-order valence-corrected chi connectivity index (χ4v) is 2.48. The highest BCUT2D eigenvalue weighted by Gasteiger charge is 2.42.